The summed E-state index contributed by atoms with van der Waals surface area (Å²) in [4.78, 5) is 1.08. The molecule has 4 rings (SSSR count). The molecular weight excluding hydrogens is 360 g/mol. The summed E-state index contributed by atoms with van der Waals surface area (Å²) in [7, 11) is 0. The van der Waals surface area contributed by atoms with E-state index in [9.17, 15) is 5.11 Å². The van der Waals surface area contributed by atoms with Gasteiger partial charge in [0.2, 0.25) is 0 Å². The lowest BCUT2D eigenvalue weighted by atomic mass is 9.84. The first-order chi connectivity index (χ1) is 13.8. The van der Waals surface area contributed by atoms with Gasteiger partial charge in [0.1, 0.15) is 0 Å². The van der Waals surface area contributed by atoms with Crippen LogP contribution in [0.5, 0.6) is 0 Å². The monoisotopic (exact) mass is 382 g/mol. The lowest BCUT2D eigenvalue weighted by Gasteiger charge is -2.36. The molecule has 0 saturated heterocycles. The highest BCUT2D eigenvalue weighted by Gasteiger charge is 2.37. The Morgan fingerprint density at radius 1 is 0.536 bits per heavy atom. The minimum atomic E-state index is -0.422. The number of thioether (sulfide) groups is 1. The predicted octanol–water partition coefficient (Wildman–Crippen LogP) is 6.26. The van der Waals surface area contributed by atoms with Crippen LogP contribution in [0.1, 0.15) is 22.3 Å². The van der Waals surface area contributed by atoms with Gasteiger partial charge < -0.3 is 5.11 Å². The van der Waals surface area contributed by atoms with Crippen LogP contribution >= 0.6 is 11.8 Å². The summed E-state index contributed by atoms with van der Waals surface area (Å²) in [6, 6.07) is 39.9. The van der Waals surface area contributed by atoms with E-state index in [1.165, 1.54) is 16.7 Å². The fourth-order valence-corrected chi connectivity index (χ4v) is 5.10. The summed E-state index contributed by atoms with van der Waals surface area (Å²) in [5, 5.41) is 9.91. The summed E-state index contributed by atoms with van der Waals surface area (Å²) in [6.45, 7) is 0.0254. The van der Waals surface area contributed by atoms with E-state index in [0.29, 0.717) is 0 Å². The third kappa shape index (κ3) is 3.49. The molecule has 0 fully saturated rings. The molecule has 0 saturated carbocycles. The predicted molar refractivity (Wildman–Crippen MR) is 117 cm³/mol. The highest BCUT2D eigenvalue weighted by atomic mass is 32.2. The average molecular weight is 383 g/mol. The van der Waals surface area contributed by atoms with Crippen molar-refractivity contribution in [1.82, 2.24) is 0 Å². The van der Waals surface area contributed by atoms with Gasteiger partial charge in [0.25, 0.3) is 0 Å². The van der Waals surface area contributed by atoms with E-state index in [0.717, 1.165) is 10.5 Å². The Bertz CT molecular complexity index is 917. The Kier molecular flexibility index (Phi) is 5.61. The quantitative estimate of drug-likeness (QED) is 0.313. The molecule has 0 unspecified atom stereocenters. The lowest BCUT2D eigenvalue weighted by molar-refractivity contribution is 0.279. The Balaban J connectivity index is 2.01. The van der Waals surface area contributed by atoms with E-state index < -0.39 is 4.75 Å². The molecule has 0 radical (unpaired) electrons. The average Bonchev–Trinajstić information content (AvgIpc) is 2.79. The van der Waals surface area contributed by atoms with Gasteiger partial charge in [-0.25, -0.2) is 0 Å². The van der Waals surface area contributed by atoms with Crippen molar-refractivity contribution in [1.29, 1.82) is 0 Å². The van der Waals surface area contributed by atoms with Crippen molar-refractivity contribution >= 4 is 11.8 Å². The first-order valence-electron chi connectivity index (χ1n) is 9.39. The first kappa shape index (κ1) is 18.5. The second-order valence-corrected chi connectivity index (χ2v) is 7.90. The molecule has 0 bridgehead atoms. The second kappa shape index (κ2) is 8.47. The smallest absolute Gasteiger partial charge is 0.0954 e. The van der Waals surface area contributed by atoms with Gasteiger partial charge >= 0.3 is 0 Å². The minimum Gasteiger partial charge on any atom is -0.392 e. The number of aliphatic hydroxyl groups excluding tert-OH is 1. The van der Waals surface area contributed by atoms with Crippen molar-refractivity contribution in [2.45, 2.75) is 16.2 Å². The number of hydrogen-bond donors (Lipinski definition) is 1. The maximum absolute atomic E-state index is 9.91. The van der Waals surface area contributed by atoms with Crippen molar-refractivity contribution in [3.05, 3.63) is 138 Å². The third-order valence-electron chi connectivity index (χ3n) is 4.95. The van der Waals surface area contributed by atoms with Crippen LogP contribution in [0.25, 0.3) is 0 Å². The van der Waals surface area contributed by atoms with Crippen LogP contribution in [0.4, 0.5) is 0 Å². The molecule has 0 aromatic heterocycles. The van der Waals surface area contributed by atoms with E-state index in [4.69, 9.17) is 0 Å². The van der Waals surface area contributed by atoms with Crippen molar-refractivity contribution in [2.75, 3.05) is 0 Å². The molecule has 0 aliphatic rings. The number of aliphatic hydroxyl groups is 1. The summed E-state index contributed by atoms with van der Waals surface area (Å²) in [5.41, 5.74) is 4.58. The maximum atomic E-state index is 9.91. The zero-order valence-corrected chi connectivity index (χ0v) is 16.3. The van der Waals surface area contributed by atoms with E-state index in [2.05, 4.69) is 97.1 Å². The van der Waals surface area contributed by atoms with E-state index in [-0.39, 0.29) is 6.61 Å². The van der Waals surface area contributed by atoms with Crippen LogP contribution in [0, 0.1) is 0 Å². The highest BCUT2D eigenvalue weighted by molar-refractivity contribution is 8.00. The fourth-order valence-electron chi connectivity index (χ4n) is 3.59. The third-order valence-corrected chi connectivity index (χ3v) is 6.58. The minimum absolute atomic E-state index is 0.0254. The van der Waals surface area contributed by atoms with E-state index in [1.807, 2.05) is 18.2 Å². The van der Waals surface area contributed by atoms with Gasteiger partial charge in [-0.1, -0.05) is 109 Å². The summed E-state index contributed by atoms with van der Waals surface area (Å²) in [5.74, 6) is 0. The normalized spacial score (nSPS) is 11.3. The number of hydrogen-bond acceptors (Lipinski definition) is 2. The Hall–Kier alpha value is -2.81. The van der Waals surface area contributed by atoms with Crippen molar-refractivity contribution in [3.63, 3.8) is 0 Å². The van der Waals surface area contributed by atoms with Crippen molar-refractivity contribution in [3.8, 4) is 0 Å². The molecule has 0 atom stereocenters. The molecule has 0 aliphatic heterocycles. The Morgan fingerprint density at radius 2 is 0.929 bits per heavy atom. The highest BCUT2D eigenvalue weighted by Crippen LogP contribution is 2.52. The van der Waals surface area contributed by atoms with E-state index >= 15 is 0 Å². The number of benzene rings is 4. The summed E-state index contributed by atoms with van der Waals surface area (Å²) in [6.07, 6.45) is 0. The fraction of sp³-hybridized carbons (Fsp3) is 0.0769. The molecule has 0 aliphatic carbocycles. The molecule has 4 aromatic rings. The zero-order chi connectivity index (χ0) is 19.2. The van der Waals surface area contributed by atoms with Gasteiger partial charge in [-0.3, -0.25) is 0 Å². The molecule has 28 heavy (non-hydrogen) atoms. The van der Waals surface area contributed by atoms with Crippen LogP contribution in [0.3, 0.4) is 0 Å². The van der Waals surface area contributed by atoms with Crippen molar-refractivity contribution < 1.29 is 5.11 Å². The van der Waals surface area contributed by atoms with Crippen LogP contribution < -0.4 is 0 Å². The Morgan fingerprint density at radius 3 is 1.36 bits per heavy atom. The Labute approximate surface area is 170 Å². The topological polar surface area (TPSA) is 20.2 Å². The molecule has 0 heterocycles. The summed E-state index contributed by atoms with van der Waals surface area (Å²) < 4.78 is -0.422. The lowest BCUT2D eigenvalue weighted by Crippen LogP contribution is -2.25. The molecule has 2 heteroatoms. The maximum Gasteiger partial charge on any atom is 0.0954 e. The zero-order valence-electron chi connectivity index (χ0n) is 15.5. The molecule has 1 nitrogen and oxygen atoms in total. The van der Waals surface area contributed by atoms with E-state index in [1.54, 1.807) is 11.8 Å². The largest absolute Gasteiger partial charge is 0.392 e. The van der Waals surface area contributed by atoms with Gasteiger partial charge in [-0.05, 0) is 28.3 Å². The van der Waals surface area contributed by atoms with Gasteiger partial charge in [-0.2, -0.15) is 0 Å². The van der Waals surface area contributed by atoms with Crippen LogP contribution in [0.15, 0.2) is 120 Å². The van der Waals surface area contributed by atoms with Gasteiger partial charge in [0.15, 0.2) is 0 Å². The number of rotatable bonds is 6. The second-order valence-electron chi connectivity index (χ2n) is 6.65. The van der Waals surface area contributed by atoms with Gasteiger partial charge in [0.05, 0.1) is 11.4 Å². The van der Waals surface area contributed by atoms with Crippen LogP contribution in [-0.4, -0.2) is 5.11 Å². The first-order valence-corrected chi connectivity index (χ1v) is 10.2. The molecule has 138 valence electrons. The van der Waals surface area contributed by atoms with Crippen LogP contribution in [-0.2, 0) is 11.4 Å². The van der Waals surface area contributed by atoms with Gasteiger partial charge in [0, 0.05) is 4.90 Å². The molecular formula is C26H22OS. The molecule has 4 aromatic carbocycles. The van der Waals surface area contributed by atoms with Gasteiger partial charge in [-0.15, -0.1) is 11.8 Å². The SMILES string of the molecule is OCc1ccccc1SC(c1ccccc1)(c1ccccc1)c1ccccc1. The van der Waals surface area contributed by atoms with Crippen molar-refractivity contribution in [2.24, 2.45) is 0 Å². The molecule has 0 spiro atoms. The molecule has 1 N–H and O–H groups in total. The van der Waals surface area contributed by atoms with Crippen LogP contribution in [0.2, 0.25) is 0 Å². The summed E-state index contributed by atoms with van der Waals surface area (Å²) >= 11 is 1.79. The standard InChI is InChI=1S/C26H22OS/c27-20-21-12-10-11-19-25(21)28-26(22-13-4-1-5-14-22,23-15-6-2-7-16-23)24-17-8-3-9-18-24/h1-19,27H,20H2. The molecule has 0 amide bonds.